The zero-order chi connectivity index (χ0) is 62.0. The van der Waals surface area contributed by atoms with Crippen LogP contribution in [0.2, 0.25) is 0 Å². The topological polar surface area (TPSA) is 413 Å². The Balaban J connectivity index is 0.833. The molecule has 0 unspecified atom stereocenters. The summed E-state index contributed by atoms with van der Waals surface area (Å²) in [6.45, 7) is 14.6. The Morgan fingerprint density at radius 2 is 1.14 bits per heavy atom. The number of hydrogen-bond acceptors (Lipinski definition) is 26. The Hall–Kier alpha value is -1.75. The molecular formula is C59H96O26. The van der Waals surface area contributed by atoms with Gasteiger partial charge in [-0.25, -0.2) is 0 Å². The van der Waals surface area contributed by atoms with Crippen molar-refractivity contribution in [2.45, 2.75) is 273 Å². The van der Waals surface area contributed by atoms with E-state index < -0.39 is 200 Å². The first-order chi connectivity index (χ1) is 39.8. The normalized spacial score (nSPS) is 55.3. The van der Waals surface area contributed by atoms with E-state index in [0.717, 1.165) is 24.8 Å². The Morgan fingerprint density at radius 1 is 0.565 bits per heavy atom. The number of aliphatic hydroxyl groups excluding tert-OH is 15. The summed E-state index contributed by atoms with van der Waals surface area (Å²) in [4.78, 5) is 15.3. The summed E-state index contributed by atoms with van der Waals surface area (Å²) in [6, 6.07) is 0. The van der Waals surface area contributed by atoms with Gasteiger partial charge in [-0.15, -0.1) is 0 Å². The Morgan fingerprint density at radius 3 is 1.76 bits per heavy atom. The van der Waals surface area contributed by atoms with Gasteiger partial charge in [0.2, 0.25) is 6.29 Å². The molecule has 26 nitrogen and oxygen atoms in total. The van der Waals surface area contributed by atoms with Crippen molar-refractivity contribution in [2.75, 3.05) is 26.4 Å². The average Bonchev–Trinajstić information content (AvgIpc) is 0.702. The van der Waals surface area contributed by atoms with E-state index in [9.17, 15) is 76.6 Å². The molecule has 9 fully saturated rings. The van der Waals surface area contributed by atoms with E-state index in [0.29, 0.717) is 44.9 Å². The second kappa shape index (κ2) is 24.4. The number of aliphatic hydroxyl groups is 15. The lowest BCUT2D eigenvalue weighted by molar-refractivity contribution is -0.364. The fourth-order valence-corrected chi connectivity index (χ4v) is 17.6. The Bertz CT molecular complexity index is 2370. The summed E-state index contributed by atoms with van der Waals surface area (Å²) in [5.41, 5.74) is -1.95. The van der Waals surface area contributed by atoms with Gasteiger partial charge in [-0.05, 0) is 123 Å². The van der Waals surface area contributed by atoms with E-state index in [1.165, 1.54) is 13.8 Å². The lowest BCUT2D eigenvalue weighted by atomic mass is 9.33. The minimum absolute atomic E-state index is 0.121. The summed E-state index contributed by atoms with van der Waals surface area (Å²) >= 11 is 0. The summed E-state index contributed by atoms with van der Waals surface area (Å²) in [6.07, 6.45) is -29.4. The van der Waals surface area contributed by atoms with Crippen LogP contribution in [-0.4, -0.2) is 263 Å². The summed E-state index contributed by atoms with van der Waals surface area (Å²) in [5, 5.41) is 162. The van der Waals surface area contributed by atoms with Crippen LogP contribution in [0.4, 0.5) is 0 Å². The summed E-state index contributed by atoms with van der Waals surface area (Å²) in [7, 11) is 0. The monoisotopic (exact) mass is 1220 g/mol. The molecule has 0 amide bonds. The number of esters is 1. The number of allylic oxidation sites excluding steroid dienone is 2. The fraction of sp³-hybridized carbons (Fsp3) is 0.949. The van der Waals surface area contributed by atoms with Crippen molar-refractivity contribution in [3.05, 3.63) is 11.6 Å². The lowest BCUT2D eigenvalue weighted by Crippen LogP contribution is -2.66. The highest BCUT2D eigenvalue weighted by Crippen LogP contribution is 2.76. The first kappa shape index (κ1) is 66.2. The van der Waals surface area contributed by atoms with Crippen molar-refractivity contribution in [2.24, 2.45) is 50.2 Å². The standard InChI is InChI=1S/C59H96O26/c1-24-34(63)38(67)42(71)49(78-24)83-46-29(20-60)80-48(45(74)41(46)70)77-22-30-37(66)40(69)44(73)51(81-30)85-53(75)59-17-15-55(5,23-61)19-27(59)26-9-10-32-56(6)13-12-33(54(3,4)31(56)11-14-58(32,8)57(26,7)16-18-59)82-52-47(36(65)28(62)21-76-52)84-50-43(72)39(68)35(64)25(2)79-50/h9,24-25,27-52,60-74H,10-23H2,1-8H3/t24-,25-,27-,28-,29+,30+,31-,32+,33-,34-,35-,36-,37+,38+,39+,40-,41+,42+,43+,44+,45+,46+,47+,48+,49-,50-,51-,52-,55+,56-,57+,58+,59-/m0/s1. The molecule has 5 aliphatic carbocycles. The molecule has 26 heteroatoms. The van der Waals surface area contributed by atoms with Gasteiger partial charge in [0, 0.05) is 6.61 Å². The predicted octanol–water partition coefficient (Wildman–Crippen LogP) is -2.54. The molecule has 0 aromatic rings. The molecule has 0 spiro atoms. The molecule has 0 radical (unpaired) electrons. The van der Waals surface area contributed by atoms with E-state index in [2.05, 4.69) is 40.7 Å². The van der Waals surface area contributed by atoms with Crippen LogP contribution in [0.3, 0.4) is 0 Å². The Kier molecular flexibility index (Phi) is 19.0. The molecule has 85 heavy (non-hydrogen) atoms. The van der Waals surface area contributed by atoms with Crippen LogP contribution in [0.15, 0.2) is 11.6 Å². The maximum Gasteiger partial charge on any atom is 0.315 e. The van der Waals surface area contributed by atoms with Gasteiger partial charge < -0.3 is 124 Å². The third kappa shape index (κ3) is 11.1. The molecular weight excluding hydrogens is 1120 g/mol. The molecule has 0 bridgehead atoms. The van der Waals surface area contributed by atoms with Crippen LogP contribution in [0.5, 0.6) is 0 Å². The summed E-state index contributed by atoms with van der Waals surface area (Å²) in [5.74, 6) is -0.762. The van der Waals surface area contributed by atoms with Crippen molar-refractivity contribution < 1.29 is 129 Å². The van der Waals surface area contributed by atoms with Crippen molar-refractivity contribution in [1.82, 2.24) is 0 Å². The minimum Gasteiger partial charge on any atom is -0.432 e. The SMILES string of the molecule is C[C@@H]1O[C@@H](O[C@H]2[C@H](O[C@H]3CC[C@]4(C)[C@H]5CC=C6[C@@H]7C[C@](C)(CO)CC[C@]7(C(=O)O[C@@H]7O[C@H](CO[C@@H]8O[C@H](CO)[C@@H](O[C@@H]9O[C@@H](C)[C@H](O)[C@@H](O)[C@H]9O)[C@H](O)[C@H]8O)[C@@H](O)[C@H](O)[C@H]7O)CC[C@@]6(C)[C@]5(C)CC[C@H]4C3(C)C)OC[C@H](O)[C@@H]2O)[C@H](O)[C@H](O)[C@H]1O. The molecule has 10 rings (SSSR count). The van der Waals surface area contributed by atoms with E-state index in [-0.39, 0.29) is 35.9 Å². The highest BCUT2D eigenvalue weighted by Gasteiger charge is 2.70. The first-order valence-corrected chi connectivity index (χ1v) is 30.6. The first-order valence-electron chi connectivity index (χ1n) is 30.6. The van der Waals surface area contributed by atoms with Gasteiger partial charge in [0.05, 0.1) is 43.5 Å². The van der Waals surface area contributed by atoms with Crippen LogP contribution < -0.4 is 0 Å². The molecule has 488 valence electrons. The van der Waals surface area contributed by atoms with E-state index in [1.807, 2.05) is 6.92 Å². The largest absolute Gasteiger partial charge is 0.432 e. The molecule has 5 saturated heterocycles. The second-order valence-electron chi connectivity index (χ2n) is 28.4. The smallest absolute Gasteiger partial charge is 0.315 e. The molecule has 5 aliphatic heterocycles. The van der Waals surface area contributed by atoms with Crippen LogP contribution in [0, 0.1) is 50.2 Å². The molecule has 4 saturated carbocycles. The van der Waals surface area contributed by atoms with Crippen LogP contribution in [0.1, 0.15) is 120 Å². The van der Waals surface area contributed by atoms with Crippen LogP contribution in [0.25, 0.3) is 0 Å². The van der Waals surface area contributed by atoms with Gasteiger partial charge in [-0.2, -0.15) is 0 Å². The lowest BCUT2D eigenvalue weighted by Gasteiger charge is -2.71. The zero-order valence-corrected chi connectivity index (χ0v) is 49.8. The number of hydrogen-bond donors (Lipinski definition) is 15. The number of ether oxygens (including phenoxy) is 10. The molecule has 10 aliphatic rings. The van der Waals surface area contributed by atoms with E-state index in [4.69, 9.17) is 47.4 Å². The number of rotatable bonds is 13. The maximum atomic E-state index is 15.3. The average molecular weight is 1220 g/mol. The molecule has 5 heterocycles. The highest BCUT2D eigenvalue weighted by molar-refractivity contribution is 5.79. The van der Waals surface area contributed by atoms with Crippen molar-refractivity contribution in [3.63, 3.8) is 0 Å². The van der Waals surface area contributed by atoms with Crippen molar-refractivity contribution in [3.8, 4) is 0 Å². The second-order valence-corrected chi connectivity index (χ2v) is 28.4. The van der Waals surface area contributed by atoms with Gasteiger partial charge in [-0.1, -0.05) is 53.2 Å². The maximum absolute atomic E-state index is 15.3. The van der Waals surface area contributed by atoms with Gasteiger partial charge in [-0.3, -0.25) is 4.79 Å². The summed E-state index contributed by atoms with van der Waals surface area (Å²) < 4.78 is 59.5. The van der Waals surface area contributed by atoms with Crippen LogP contribution >= 0.6 is 0 Å². The third-order valence-corrected chi connectivity index (χ3v) is 23.3. The van der Waals surface area contributed by atoms with Crippen molar-refractivity contribution in [1.29, 1.82) is 0 Å². The number of fused-ring (bicyclic) bond motifs is 7. The highest BCUT2D eigenvalue weighted by atomic mass is 16.8. The third-order valence-electron chi connectivity index (χ3n) is 23.3. The van der Waals surface area contributed by atoms with Gasteiger partial charge >= 0.3 is 5.97 Å². The Labute approximate surface area is 494 Å². The van der Waals surface area contributed by atoms with E-state index >= 15 is 4.79 Å². The number of carbonyl (C=O) groups excluding carboxylic acids is 1. The molecule has 0 aromatic heterocycles. The predicted molar refractivity (Wildman–Crippen MR) is 288 cm³/mol. The quantitative estimate of drug-likeness (QED) is 0.0513. The molecule has 15 N–H and O–H groups in total. The van der Waals surface area contributed by atoms with Gasteiger partial charge in [0.25, 0.3) is 0 Å². The molecule has 0 aromatic carbocycles. The van der Waals surface area contributed by atoms with Gasteiger partial charge in [0.1, 0.15) is 104 Å². The zero-order valence-electron chi connectivity index (χ0n) is 49.8. The van der Waals surface area contributed by atoms with E-state index in [1.54, 1.807) is 0 Å². The van der Waals surface area contributed by atoms with Gasteiger partial charge in [0.15, 0.2) is 25.2 Å². The van der Waals surface area contributed by atoms with Crippen LogP contribution in [-0.2, 0) is 52.2 Å². The fourth-order valence-electron chi connectivity index (χ4n) is 17.6. The number of carbonyl (C=O) groups is 1. The van der Waals surface area contributed by atoms with Crippen molar-refractivity contribution >= 4 is 5.97 Å². The minimum atomic E-state index is -1.92. The molecule has 33 atom stereocenters.